The normalized spacial score (nSPS) is 21.3. The van der Waals surface area contributed by atoms with Gasteiger partial charge in [0.1, 0.15) is 5.65 Å². The zero-order valence-electron chi connectivity index (χ0n) is 19.4. The molecular formula is C26H29N5O3. The van der Waals surface area contributed by atoms with Crippen LogP contribution in [0.2, 0.25) is 0 Å². The molecule has 4 aromatic heterocycles. The second-order valence-electron chi connectivity index (χ2n) is 9.27. The maximum Gasteiger partial charge on any atom is 0.334 e. The molecule has 34 heavy (non-hydrogen) atoms. The molecule has 1 aliphatic carbocycles. The number of pyridine rings is 2. The molecule has 1 N–H and O–H groups in total. The fourth-order valence-electron chi connectivity index (χ4n) is 5.16. The molecule has 1 aliphatic heterocycles. The fraction of sp³-hybridized carbons (Fsp3) is 0.423. The van der Waals surface area contributed by atoms with Gasteiger partial charge in [0.25, 0.3) is 0 Å². The van der Waals surface area contributed by atoms with Crippen molar-refractivity contribution in [3.8, 4) is 11.1 Å². The molecule has 1 fully saturated rings. The van der Waals surface area contributed by atoms with Gasteiger partial charge in [-0.2, -0.15) is 0 Å². The summed E-state index contributed by atoms with van der Waals surface area (Å²) >= 11 is 0. The van der Waals surface area contributed by atoms with Crippen LogP contribution in [0.25, 0.3) is 39.0 Å². The zero-order valence-corrected chi connectivity index (χ0v) is 19.4. The van der Waals surface area contributed by atoms with Crippen LogP contribution in [0, 0.1) is 0 Å². The van der Waals surface area contributed by atoms with E-state index in [0.717, 1.165) is 65.5 Å². The van der Waals surface area contributed by atoms with Crippen LogP contribution >= 0.6 is 0 Å². The fourth-order valence-corrected chi connectivity index (χ4v) is 5.16. The summed E-state index contributed by atoms with van der Waals surface area (Å²) in [6, 6.07) is 6.17. The molecular weight excluding hydrogens is 430 g/mol. The first kappa shape index (κ1) is 21.3. The van der Waals surface area contributed by atoms with Gasteiger partial charge in [-0.25, -0.2) is 19.3 Å². The summed E-state index contributed by atoms with van der Waals surface area (Å²) in [5.41, 5.74) is 5.33. The third-order valence-electron chi connectivity index (χ3n) is 7.11. The predicted molar refractivity (Wildman–Crippen MR) is 132 cm³/mol. The number of allylic oxidation sites excluding steroid dienone is 2. The number of rotatable bonds is 5. The van der Waals surface area contributed by atoms with Gasteiger partial charge in [-0.15, -0.1) is 0 Å². The predicted octanol–water partition coefficient (Wildman–Crippen LogP) is 4.35. The molecule has 0 aromatic carbocycles. The minimum Gasteiger partial charge on any atom is -0.379 e. The Kier molecular flexibility index (Phi) is 5.55. The lowest BCUT2D eigenvalue weighted by molar-refractivity contribution is -0.0757. The van der Waals surface area contributed by atoms with Crippen molar-refractivity contribution in [2.75, 3.05) is 13.7 Å². The average molecular weight is 460 g/mol. The third-order valence-corrected chi connectivity index (χ3v) is 7.11. The van der Waals surface area contributed by atoms with Crippen LogP contribution in [0.5, 0.6) is 0 Å². The van der Waals surface area contributed by atoms with Crippen molar-refractivity contribution >= 4 is 27.9 Å². The molecule has 0 bridgehead atoms. The number of aromatic nitrogens is 5. The Morgan fingerprint density at radius 1 is 1.18 bits per heavy atom. The third kappa shape index (κ3) is 3.76. The highest BCUT2D eigenvalue weighted by atomic mass is 16.5. The van der Waals surface area contributed by atoms with E-state index < -0.39 is 0 Å². The summed E-state index contributed by atoms with van der Waals surface area (Å²) in [6.45, 7) is 1.07. The molecule has 8 heteroatoms. The van der Waals surface area contributed by atoms with Crippen LogP contribution in [0.3, 0.4) is 0 Å². The monoisotopic (exact) mass is 459 g/mol. The van der Waals surface area contributed by atoms with Gasteiger partial charge >= 0.3 is 5.69 Å². The lowest BCUT2D eigenvalue weighted by Crippen LogP contribution is -2.36. The first-order valence-electron chi connectivity index (χ1n) is 12.1. The molecule has 6 rings (SSSR count). The molecule has 4 aromatic rings. The summed E-state index contributed by atoms with van der Waals surface area (Å²) in [4.78, 5) is 26.2. The van der Waals surface area contributed by atoms with Crippen molar-refractivity contribution in [1.29, 1.82) is 0 Å². The highest BCUT2D eigenvalue weighted by molar-refractivity contribution is 5.85. The molecule has 2 unspecified atom stereocenters. The van der Waals surface area contributed by atoms with Gasteiger partial charge in [0.15, 0.2) is 5.65 Å². The minimum absolute atomic E-state index is 0.0231. The van der Waals surface area contributed by atoms with Gasteiger partial charge in [-0.3, -0.25) is 4.57 Å². The number of nitrogens with zero attached hydrogens (tertiary/aromatic N) is 4. The summed E-state index contributed by atoms with van der Waals surface area (Å²) in [5, 5.41) is 1.04. The second-order valence-corrected chi connectivity index (χ2v) is 9.27. The van der Waals surface area contributed by atoms with E-state index in [2.05, 4.69) is 28.2 Å². The van der Waals surface area contributed by atoms with Crippen molar-refractivity contribution in [3.63, 3.8) is 0 Å². The van der Waals surface area contributed by atoms with Crippen molar-refractivity contribution in [2.24, 2.45) is 0 Å². The van der Waals surface area contributed by atoms with Crippen molar-refractivity contribution in [1.82, 2.24) is 24.1 Å². The first-order valence-corrected chi connectivity index (χ1v) is 12.1. The van der Waals surface area contributed by atoms with E-state index >= 15 is 0 Å². The van der Waals surface area contributed by atoms with E-state index in [1.807, 2.05) is 33.8 Å². The molecule has 1 saturated heterocycles. The van der Waals surface area contributed by atoms with Crippen LogP contribution in [0.4, 0.5) is 0 Å². The average Bonchev–Trinajstić information content (AvgIpc) is 3.46. The highest BCUT2D eigenvalue weighted by Crippen LogP contribution is 2.28. The molecule has 8 nitrogen and oxygen atoms in total. The second kappa shape index (κ2) is 8.85. The quantitative estimate of drug-likeness (QED) is 0.479. The Hall–Kier alpha value is -3.23. The first-order chi connectivity index (χ1) is 16.7. The highest BCUT2D eigenvalue weighted by Gasteiger charge is 2.25. The summed E-state index contributed by atoms with van der Waals surface area (Å²) in [7, 11) is 1.72. The molecule has 176 valence electrons. The maximum absolute atomic E-state index is 13.7. The molecule has 0 saturated carbocycles. The van der Waals surface area contributed by atoms with E-state index in [0.29, 0.717) is 18.8 Å². The van der Waals surface area contributed by atoms with Crippen LogP contribution in [0.15, 0.2) is 47.7 Å². The number of imidazole rings is 1. The summed E-state index contributed by atoms with van der Waals surface area (Å²) < 4.78 is 15.1. The van der Waals surface area contributed by atoms with E-state index in [1.165, 1.54) is 6.42 Å². The number of H-pyrrole nitrogens is 1. The number of methoxy groups -OCH3 is 1. The van der Waals surface area contributed by atoms with Crippen molar-refractivity contribution < 1.29 is 9.47 Å². The number of nitrogens with one attached hydrogen (secondary N) is 1. The standard InChI is InChI=1S/C26H29N5O3/c1-33-22-8-7-21(34-16-22)15-30-23-12-19(18-11-17-9-10-27-24(17)28-13-18)14-29-25(23)31(26(30)32)20-5-3-2-4-6-20/h5,9-14,21-22H,2-4,6-8,15-16H2,1H3,(H,27,28). The molecule has 5 heterocycles. The van der Waals surface area contributed by atoms with E-state index in [1.54, 1.807) is 7.11 Å². The van der Waals surface area contributed by atoms with Gasteiger partial charge < -0.3 is 14.5 Å². The Morgan fingerprint density at radius 2 is 2.06 bits per heavy atom. The van der Waals surface area contributed by atoms with Crippen molar-refractivity contribution in [2.45, 2.75) is 57.3 Å². The zero-order chi connectivity index (χ0) is 23.1. The topological polar surface area (TPSA) is 87.0 Å². The molecule has 0 radical (unpaired) electrons. The maximum atomic E-state index is 13.7. The van der Waals surface area contributed by atoms with E-state index in [4.69, 9.17) is 14.5 Å². The van der Waals surface area contributed by atoms with E-state index in [-0.39, 0.29) is 17.9 Å². The molecule has 2 aliphatic rings. The summed E-state index contributed by atoms with van der Waals surface area (Å²) in [6.07, 6.45) is 13.8. The lowest BCUT2D eigenvalue weighted by atomic mass is 10.0. The SMILES string of the molecule is COC1CCC(Cn2c(=O)n(C3=CCCCC3)c3ncc(-c4cnc5[nH]ccc5c4)cc32)OC1. The van der Waals surface area contributed by atoms with Crippen molar-refractivity contribution in [3.05, 3.63) is 53.3 Å². The number of ether oxygens (including phenoxy) is 2. The van der Waals surface area contributed by atoms with Gasteiger partial charge in [0.05, 0.1) is 30.9 Å². The molecule has 0 amide bonds. The van der Waals surface area contributed by atoms with Crippen LogP contribution in [-0.4, -0.2) is 50.0 Å². The van der Waals surface area contributed by atoms with Gasteiger partial charge in [-0.05, 0) is 56.7 Å². The largest absolute Gasteiger partial charge is 0.379 e. The van der Waals surface area contributed by atoms with Gasteiger partial charge in [0, 0.05) is 47.9 Å². The smallest absolute Gasteiger partial charge is 0.334 e. The van der Waals surface area contributed by atoms with Gasteiger partial charge in [-0.1, -0.05) is 6.08 Å². The number of aromatic amines is 1. The Balaban J connectivity index is 1.45. The molecule has 2 atom stereocenters. The van der Waals surface area contributed by atoms with E-state index in [9.17, 15) is 4.79 Å². The minimum atomic E-state index is -0.0375. The summed E-state index contributed by atoms with van der Waals surface area (Å²) in [5.74, 6) is 0. The number of hydrogen-bond donors (Lipinski definition) is 1. The Bertz CT molecular complexity index is 1420. The Morgan fingerprint density at radius 3 is 2.85 bits per heavy atom. The van der Waals surface area contributed by atoms with Crippen LogP contribution in [-0.2, 0) is 16.0 Å². The number of fused-ring (bicyclic) bond motifs is 2. The van der Waals surface area contributed by atoms with Gasteiger partial charge in [0.2, 0.25) is 0 Å². The lowest BCUT2D eigenvalue weighted by Gasteiger charge is -2.28. The Labute approximate surface area is 197 Å². The molecule has 0 spiro atoms. The number of hydrogen-bond acceptors (Lipinski definition) is 5. The van der Waals surface area contributed by atoms with Crippen LogP contribution < -0.4 is 5.69 Å². The van der Waals surface area contributed by atoms with Crippen LogP contribution in [0.1, 0.15) is 38.5 Å².